The van der Waals surface area contributed by atoms with Gasteiger partial charge in [0.25, 0.3) is 0 Å². The van der Waals surface area contributed by atoms with E-state index >= 15 is 0 Å². The zero-order chi connectivity index (χ0) is 9.38. The first-order valence-electron chi connectivity index (χ1n) is 4.63. The minimum atomic E-state index is 0. The number of fused-ring (bicyclic) bond motifs is 2. The van der Waals surface area contributed by atoms with Gasteiger partial charge in [-0.25, -0.2) is 0 Å². The molecule has 2 heteroatoms. The summed E-state index contributed by atoms with van der Waals surface area (Å²) < 4.78 is 0. The minimum Gasteiger partial charge on any atom is -0.183 e. The van der Waals surface area contributed by atoms with E-state index in [0.717, 1.165) is 0 Å². The zero-order valence-corrected chi connectivity index (χ0v) is 14.5. The van der Waals surface area contributed by atoms with Gasteiger partial charge in [0.05, 0.1) is 0 Å². The fraction of sp³-hybridized carbons (Fsp3) is 0. The van der Waals surface area contributed by atoms with Crippen LogP contribution in [0.2, 0.25) is 0 Å². The smallest absolute Gasteiger partial charge is 0 e. The maximum absolute atomic E-state index is 3.09. The molecule has 3 rings (SSSR count). The molecule has 0 bridgehead atoms. The quantitative estimate of drug-likeness (QED) is 0.428. The molecule has 16 heavy (non-hydrogen) atoms. The number of rotatable bonds is 0. The average Bonchev–Trinajstić information content (AvgIpc) is 2.26. The van der Waals surface area contributed by atoms with E-state index in [1.54, 1.807) is 0 Å². The van der Waals surface area contributed by atoms with Gasteiger partial charge in [0.15, 0.2) is 0 Å². The van der Waals surface area contributed by atoms with Crippen molar-refractivity contribution >= 4 is 21.5 Å². The van der Waals surface area contributed by atoms with Crippen LogP contribution in [0.15, 0.2) is 48.5 Å². The van der Waals surface area contributed by atoms with Crippen LogP contribution in [0.25, 0.3) is 21.5 Å². The molecule has 2 radical (unpaired) electrons. The largest absolute Gasteiger partial charge is 0.183 e. The molecule has 0 saturated heterocycles. The summed E-state index contributed by atoms with van der Waals surface area (Å²) in [6.07, 6.45) is 0. The maximum atomic E-state index is 3.09. The Labute approximate surface area is 146 Å². The summed E-state index contributed by atoms with van der Waals surface area (Å²) in [6.45, 7) is 0. The van der Waals surface area contributed by atoms with Crippen molar-refractivity contribution in [1.82, 2.24) is 0 Å². The Morgan fingerprint density at radius 2 is 1.06 bits per heavy atom. The summed E-state index contributed by atoms with van der Waals surface area (Å²) in [5.41, 5.74) is 0. The van der Waals surface area contributed by atoms with E-state index in [1.807, 2.05) is 24.3 Å². The summed E-state index contributed by atoms with van der Waals surface area (Å²) in [7, 11) is 0. The SMILES string of the molecule is [Y].[Y].[c-]1ccc2cc3c[c-]ccc3cc2c1. The topological polar surface area (TPSA) is 0 Å². The van der Waals surface area contributed by atoms with E-state index in [1.165, 1.54) is 21.5 Å². The molecule has 0 aromatic heterocycles. The predicted molar refractivity (Wildman–Crippen MR) is 59.1 cm³/mol. The molecule has 0 N–H and O–H groups in total. The molecular weight excluding hydrogens is 346 g/mol. The standard InChI is InChI=1S/C14H8.2Y/c1-2-6-12-10-14-8-4-3-7-13(14)9-11(12)5-1;;/h1,4-10H;;/q-2;;. The van der Waals surface area contributed by atoms with Crippen LogP contribution in [0, 0.1) is 12.1 Å². The first-order valence-corrected chi connectivity index (χ1v) is 4.63. The Morgan fingerprint density at radius 3 is 1.50 bits per heavy atom. The maximum Gasteiger partial charge on any atom is 0 e. The molecule has 0 unspecified atom stereocenters. The van der Waals surface area contributed by atoms with Crippen molar-refractivity contribution in [3.63, 3.8) is 0 Å². The second-order valence-electron chi connectivity index (χ2n) is 3.40. The van der Waals surface area contributed by atoms with Gasteiger partial charge in [0, 0.05) is 65.4 Å². The van der Waals surface area contributed by atoms with E-state index in [0.29, 0.717) is 0 Å². The Balaban J connectivity index is 0.000000640. The Morgan fingerprint density at radius 1 is 0.625 bits per heavy atom. The van der Waals surface area contributed by atoms with Crippen LogP contribution in [0.3, 0.4) is 0 Å². The van der Waals surface area contributed by atoms with Crippen molar-refractivity contribution in [3.8, 4) is 0 Å². The summed E-state index contributed by atoms with van der Waals surface area (Å²) in [5.74, 6) is 0. The van der Waals surface area contributed by atoms with Gasteiger partial charge in [-0.3, -0.25) is 0 Å². The molecule has 72 valence electrons. The van der Waals surface area contributed by atoms with Gasteiger partial charge < -0.3 is 0 Å². The Bertz CT molecular complexity index is 497. The molecule has 0 aliphatic rings. The van der Waals surface area contributed by atoms with Crippen LogP contribution < -0.4 is 0 Å². The Hall–Kier alpha value is 0.388. The van der Waals surface area contributed by atoms with Crippen molar-refractivity contribution in [1.29, 1.82) is 0 Å². The molecule has 0 saturated carbocycles. The molecule has 0 spiro atoms. The van der Waals surface area contributed by atoms with Crippen LogP contribution in [0.5, 0.6) is 0 Å². The van der Waals surface area contributed by atoms with Crippen LogP contribution in [0.1, 0.15) is 0 Å². The van der Waals surface area contributed by atoms with Gasteiger partial charge >= 0.3 is 0 Å². The third-order valence-electron chi connectivity index (χ3n) is 2.48. The first-order chi connectivity index (χ1) is 6.93. The van der Waals surface area contributed by atoms with Crippen molar-refractivity contribution in [2.24, 2.45) is 0 Å². The van der Waals surface area contributed by atoms with Gasteiger partial charge in [0.2, 0.25) is 0 Å². The number of benzene rings is 3. The monoisotopic (exact) mass is 354 g/mol. The van der Waals surface area contributed by atoms with E-state index < -0.39 is 0 Å². The molecule has 0 atom stereocenters. The van der Waals surface area contributed by atoms with Gasteiger partial charge in [0.1, 0.15) is 0 Å². The van der Waals surface area contributed by atoms with Crippen LogP contribution in [-0.2, 0) is 65.4 Å². The Kier molecular flexibility index (Phi) is 5.74. The summed E-state index contributed by atoms with van der Waals surface area (Å²) in [5, 5.41) is 5.00. The summed E-state index contributed by atoms with van der Waals surface area (Å²) >= 11 is 0. The molecule has 3 aromatic rings. The number of hydrogen-bond acceptors (Lipinski definition) is 0. The van der Waals surface area contributed by atoms with Crippen molar-refractivity contribution in [2.45, 2.75) is 0 Å². The molecular formula is C14H8Y2-2. The second kappa shape index (κ2) is 6.36. The molecule has 0 amide bonds. The first kappa shape index (κ1) is 14.4. The van der Waals surface area contributed by atoms with Crippen molar-refractivity contribution in [3.05, 3.63) is 60.7 Å². The van der Waals surface area contributed by atoms with E-state index in [-0.39, 0.29) is 65.4 Å². The van der Waals surface area contributed by atoms with E-state index in [4.69, 9.17) is 0 Å². The minimum absolute atomic E-state index is 0. The van der Waals surface area contributed by atoms with Crippen LogP contribution >= 0.6 is 0 Å². The predicted octanol–water partition coefficient (Wildman–Crippen LogP) is 3.59. The number of hydrogen-bond donors (Lipinski definition) is 0. The van der Waals surface area contributed by atoms with E-state index in [2.05, 4.69) is 36.4 Å². The molecule has 0 fully saturated rings. The van der Waals surface area contributed by atoms with E-state index in [9.17, 15) is 0 Å². The fourth-order valence-electron chi connectivity index (χ4n) is 1.76. The zero-order valence-electron chi connectivity index (χ0n) is 8.77. The van der Waals surface area contributed by atoms with Gasteiger partial charge in [-0.1, -0.05) is 0 Å². The third-order valence-corrected chi connectivity index (χ3v) is 2.48. The van der Waals surface area contributed by atoms with Gasteiger partial charge in [-0.2, -0.15) is 48.5 Å². The molecule has 3 aromatic carbocycles. The fourth-order valence-corrected chi connectivity index (χ4v) is 1.76. The van der Waals surface area contributed by atoms with Crippen molar-refractivity contribution in [2.75, 3.05) is 0 Å². The van der Waals surface area contributed by atoms with Crippen LogP contribution in [-0.4, -0.2) is 0 Å². The normalized spacial score (nSPS) is 9.50. The molecule has 0 aliphatic carbocycles. The molecule has 0 heterocycles. The van der Waals surface area contributed by atoms with Gasteiger partial charge in [-0.05, 0) is 0 Å². The van der Waals surface area contributed by atoms with Gasteiger partial charge in [-0.15, -0.1) is 33.7 Å². The summed E-state index contributed by atoms with van der Waals surface area (Å²) in [6, 6.07) is 22.7. The average molecular weight is 354 g/mol. The third kappa shape index (κ3) is 2.79. The van der Waals surface area contributed by atoms with Crippen molar-refractivity contribution < 1.29 is 65.4 Å². The second-order valence-corrected chi connectivity index (χ2v) is 3.40. The summed E-state index contributed by atoms with van der Waals surface area (Å²) in [4.78, 5) is 0. The molecule has 0 nitrogen and oxygen atoms in total. The van der Waals surface area contributed by atoms with Crippen LogP contribution in [0.4, 0.5) is 0 Å². The molecule has 0 aliphatic heterocycles.